The van der Waals surface area contributed by atoms with E-state index >= 15 is 0 Å². The van der Waals surface area contributed by atoms with Crippen LogP contribution in [0.15, 0.2) is 0 Å². The van der Waals surface area contributed by atoms with E-state index in [4.69, 9.17) is 4.74 Å². The molecule has 1 rings (SSSR count). The Morgan fingerprint density at radius 3 is 2.27 bits per heavy atom. The maximum Gasteiger partial charge on any atom is 0.309 e. The number of carboxylic acids is 1. The molecule has 0 aromatic heterocycles. The third kappa shape index (κ3) is 2.94. The van der Waals surface area contributed by atoms with Crippen molar-refractivity contribution < 1.29 is 14.6 Å². The first kappa shape index (κ1) is 12.5. The summed E-state index contributed by atoms with van der Waals surface area (Å²) in [6.07, 6.45) is 4.33. The number of carbonyl (C=O) groups is 1. The van der Waals surface area contributed by atoms with E-state index in [0.29, 0.717) is 5.92 Å². The lowest BCUT2D eigenvalue weighted by molar-refractivity contribution is -0.151. The van der Waals surface area contributed by atoms with Crippen LogP contribution < -0.4 is 0 Å². The summed E-state index contributed by atoms with van der Waals surface area (Å²) in [7, 11) is 0. The number of aliphatic carboxylic acids is 1. The summed E-state index contributed by atoms with van der Waals surface area (Å²) in [5.74, 6) is -0.0891. The van der Waals surface area contributed by atoms with Crippen molar-refractivity contribution >= 4 is 5.97 Å². The Labute approximate surface area is 91.8 Å². The van der Waals surface area contributed by atoms with Crippen molar-refractivity contribution in [3.8, 4) is 0 Å². The van der Waals surface area contributed by atoms with Gasteiger partial charge in [-0.15, -0.1) is 0 Å². The van der Waals surface area contributed by atoms with Crippen LogP contribution >= 0.6 is 0 Å². The van der Waals surface area contributed by atoms with Gasteiger partial charge in [0.15, 0.2) is 0 Å². The highest BCUT2D eigenvalue weighted by Crippen LogP contribution is 2.37. The van der Waals surface area contributed by atoms with Crippen LogP contribution in [0.3, 0.4) is 0 Å². The summed E-state index contributed by atoms with van der Waals surface area (Å²) in [4.78, 5) is 11.3. The second-order valence-electron chi connectivity index (χ2n) is 4.55. The monoisotopic (exact) mass is 214 g/mol. The average molecular weight is 214 g/mol. The second-order valence-corrected chi connectivity index (χ2v) is 4.55. The molecule has 0 aromatic carbocycles. The topological polar surface area (TPSA) is 46.5 Å². The normalized spacial score (nSPS) is 19.1. The molecule has 0 aromatic rings. The molecule has 1 saturated heterocycles. The molecule has 0 spiro atoms. The summed E-state index contributed by atoms with van der Waals surface area (Å²) in [6, 6.07) is 0. The Hall–Kier alpha value is -0.570. The van der Waals surface area contributed by atoms with Crippen LogP contribution in [0, 0.1) is 11.3 Å². The largest absolute Gasteiger partial charge is 0.481 e. The van der Waals surface area contributed by atoms with E-state index < -0.39 is 11.4 Å². The molecular formula is C12H22O3. The Kier molecular flexibility index (Phi) is 4.58. The first-order chi connectivity index (χ1) is 7.14. The average Bonchev–Trinajstić information content (AvgIpc) is 2.27. The lowest BCUT2D eigenvalue weighted by Gasteiger charge is -2.33. The van der Waals surface area contributed by atoms with Gasteiger partial charge in [0.25, 0.3) is 0 Å². The van der Waals surface area contributed by atoms with Gasteiger partial charge in [0.2, 0.25) is 0 Å². The Morgan fingerprint density at radius 1 is 1.33 bits per heavy atom. The van der Waals surface area contributed by atoms with E-state index in [1.165, 1.54) is 0 Å². The minimum atomic E-state index is -0.626. The predicted molar refractivity (Wildman–Crippen MR) is 58.8 cm³/mol. The molecule has 0 aliphatic carbocycles. The van der Waals surface area contributed by atoms with Crippen molar-refractivity contribution in [1.29, 1.82) is 0 Å². The quantitative estimate of drug-likeness (QED) is 0.765. The van der Waals surface area contributed by atoms with Crippen molar-refractivity contribution in [1.82, 2.24) is 0 Å². The van der Waals surface area contributed by atoms with Gasteiger partial charge in [-0.05, 0) is 38.0 Å². The number of ether oxygens (including phenoxy) is 1. The summed E-state index contributed by atoms with van der Waals surface area (Å²) < 4.78 is 5.29. The van der Waals surface area contributed by atoms with Crippen molar-refractivity contribution in [2.45, 2.75) is 46.0 Å². The molecule has 3 heteroatoms. The maximum absolute atomic E-state index is 11.3. The minimum absolute atomic E-state index is 0.498. The summed E-state index contributed by atoms with van der Waals surface area (Å²) in [5, 5.41) is 9.32. The van der Waals surface area contributed by atoms with E-state index in [1.807, 2.05) is 13.8 Å². The lowest BCUT2D eigenvalue weighted by atomic mass is 9.73. The number of rotatable bonds is 5. The van der Waals surface area contributed by atoms with Crippen molar-refractivity contribution in [2.75, 3.05) is 13.2 Å². The fourth-order valence-corrected chi connectivity index (χ4v) is 2.43. The molecule has 0 saturated carbocycles. The minimum Gasteiger partial charge on any atom is -0.481 e. The smallest absolute Gasteiger partial charge is 0.309 e. The Balaban J connectivity index is 2.60. The van der Waals surface area contributed by atoms with E-state index in [0.717, 1.165) is 45.3 Å². The van der Waals surface area contributed by atoms with Crippen molar-refractivity contribution in [3.05, 3.63) is 0 Å². The van der Waals surface area contributed by atoms with Crippen LogP contribution in [0.5, 0.6) is 0 Å². The van der Waals surface area contributed by atoms with Crippen LogP contribution in [-0.2, 0) is 9.53 Å². The predicted octanol–water partition coefficient (Wildman–Crippen LogP) is 2.69. The third-order valence-corrected chi connectivity index (χ3v) is 3.83. The zero-order chi connectivity index (χ0) is 11.3. The van der Waals surface area contributed by atoms with Crippen molar-refractivity contribution in [3.63, 3.8) is 0 Å². The van der Waals surface area contributed by atoms with Gasteiger partial charge < -0.3 is 9.84 Å². The lowest BCUT2D eigenvalue weighted by Crippen LogP contribution is -2.33. The molecule has 0 atom stereocenters. The molecule has 1 N–H and O–H groups in total. The summed E-state index contributed by atoms with van der Waals surface area (Å²) in [6.45, 7) is 5.56. The van der Waals surface area contributed by atoms with Crippen LogP contribution in [0.2, 0.25) is 0 Å². The van der Waals surface area contributed by atoms with Gasteiger partial charge in [-0.1, -0.05) is 13.8 Å². The Morgan fingerprint density at radius 2 is 1.87 bits per heavy atom. The fraction of sp³-hybridized carbons (Fsp3) is 0.917. The fourth-order valence-electron chi connectivity index (χ4n) is 2.43. The van der Waals surface area contributed by atoms with Gasteiger partial charge in [-0.25, -0.2) is 0 Å². The molecule has 0 unspecified atom stereocenters. The van der Waals surface area contributed by atoms with Crippen LogP contribution in [-0.4, -0.2) is 24.3 Å². The zero-order valence-corrected chi connectivity index (χ0v) is 9.79. The van der Waals surface area contributed by atoms with Crippen LogP contribution in [0.25, 0.3) is 0 Å². The molecule has 0 bridgehead atoms. The highest BCUT2D eigenvalue weighted by molar-refractivity contribution is 5.74. The van der Waals surface area contributed by atoms with Crippen LogP contribution in [0.4, 0.5) is 0 Å². The highest BCUT2D eigenvalue weighted by atomic mass is 16.5. The van der Waals surface area contributed by atoms with Gasteiger partial charge in [0.1, 0.15) is 0 Å². The molecule has 1 heterocycles. The number of hydrogen-bond acceptors (Lipinski definition) is 2. The first-order valence-electron chi connectivity index (χ1n) is 5.95. The van der Waals surface area contributed by atoms with Gasteiger partial charge >= 0.3 is 5.97 Å². The van der Waals surface area contributed by atoms with Crippen molar-refractivity contribution in [2.24, 2.45) is 11.3 Å². The molecule has 1 aliphatic rings. The highest BCUT2D eigenvalue weighted by Gasteiger charge is 2.37. The molecule has 88 valence electrons. The van der Waals surface area contributed by atoms with Gasteiger partial charge in [0, 0.05) is 13.2 Å². The Bertz CT molecular complexity index is 203. The van der Waals surface area contributed by atoms with Gasteiger partial charge in [-0.3, -0.25) is 4.79 Å². The zero-order valence-electron chi connectivity index (χ0n) is 9.79. The third-order valence-electron chi connectivity index (χ3n) is 3.83. The van der Waals surface area contributed by atoms with E-state index in [-0.39, 0.29) is 0 Å². The molecule has 0 amide bonds. The molecule has 0 radical (unpaired) electrons. The maximum atomic E-state index is 11.3. The summed E-state index contributed by atoms with van der Waals surface area (Å²) in [5.41, 5.74) is -0.498. The van der Waals surface area contributed by atoms with E-state index in [9.17, 15) is 9.90 Å². The van der Waals surface area contributed by atoms with Gasteiger partial charge in [0.05, 0.1) is 5.41 Å². The molecule has 1 aliphatic heterocycles. The molecule has 1 fully saturated rings. The van der Waals surface area contributed by atoms with Crippen LogP contribution in [0.1, 0.15) is 46.0 Å². The first-order valence-corrected chi connectivity index (χ1v) is 5.95. The number of carboxylic acid groups (broad SMARTS) is 1. The SMILES string of the molecule is CCC(CC)(CC1CCOCC1)C(=O)O. The van der Waals surface area contributed by atoms with Gasteiger partial charge in [-0.2, -0.15) is 0 Å². The second kappa shape index (κ2) is 5.50. The number of hydrogen-bond donors (Lipinski definition) is 1. The van der Waals surface area contributed by atoms with E-state index in [1.54, 1.807) is 0 Å². The van der Waals surface area contributed by atoms with E-state index in [2.05, 4.69) is 0 Å². The molecular weight excluding hydrogens is 192 g/mol. The summed E-state index contributed by atoms with van der Waals surface area (Å²) >= 11 is 0. The standard InChI is InChI=1S/C12H22O3/c1-3-12(4-2,11(13)14)9-10-5-7-15-8-6-10/h10H,3-9H2,1-2H3,(H,13,14). The molecule has 3 nitrogen and oxygen atoms in total. The molecule has 15 heavy (non-hydrogen) atoms.